The van der Waals surface area contributed by atoms with Gasteiger partial charge >= 0.3 is 0 Å². The molecule has 0 amide bonds. The quantitative estimate of drug-likeness (QED) is 0.734. The van der Waals surface area contributed by atoms with Crippen molar-refractivity contribution in [2.24, 2.45) is 0 Å². The molecule has 1 heterocycles. The van der Waals surface area contributed by atoms with Crippen molar-refractivity contribution in [3.05, 3.63) is 23.8 Å². The van der Waals surface area contributed by atoms with Gasteiger partial charge in [0.1, 0.15) is 5.82 Å². The summed E-state index contributed by atoms with van der Waals surface area (Å²) in [4.78, 5) is 18.7. The van der Waals surface area contributed by atoms with E-state index in [1.54, 1.807) is 12.4 Å². The van der Waals surface area contributed by atoms with Crippen LogP contribution < -0.4 is 0 Å². The van der Waals surface area contributed by atoms with Crippen molar-refractivity contribution in [3.8, 4) is 0 Å². The van der Waals surface area contributed by atoms with Gasteiger partial charge in [0.2, 0.25) is 0 Å². The van der Waals surface area contributed by atoms with Crippen LogP contribution in [0.3, 0.4) is 0 Å². The summed E-state index contributed by atoms with van der Waals surface area (Å²) in [5.74, 6) is 1.70. The summed E-state index contributed by atoms with van der Waals surface area (Å²) in [5, 5.41) is 0.791. The molecule has 3 nitrogen and oxygen atoms in total. The molecule has 0 N–H and O–H groups in total. The first-order chi connectivity index (χ1) is 7.38. The highest BCUT2D eigenvalue weighted by atomic mass is 32.2. The molecule has 1 aromatic heterocycles. The van der Waals surface area contributed by atoms with Crippen LogP contribution in [0, 0.1) is 0 Å². The first-order valence-electron chi connectivity index (χ1n) is 5.26. The number of aromatic nitrogens is 2. The largest absolute Gasteiger partial charge is 0.298 e. The Morgan fingerprint density at radius 1 is 1.33 bits per heavy atom. The second kappa shape index (κ2) is 5.26. The molecule has 0 aliphatic heterocycles. The highest BCUT2D eigenvalue weighted by molar-refractivity contribution is 7.99. The smallest absolute Gasteiger partial charge is 0.153 e. The number of hydrogen-bond acceptors (Lipinski definition) is 4. The van der Waals surface area contributed by atoms with Crippen LogP contribution in [-0.4, -0.2) is 21.5 Å². The highest BCUT2D eigenvalue weighted by Crippen LogP contribution is 2.30. The van der Waals surface area contributed by atoms with Crippen LogP contribution in [0.2, 0.25) is 0 Å². The van der Waals surface area contributed by atoms with E-state index in [1.165, 1.54) is 25.7 Å². The Morgan fingerprint density at radius 2 is 2.00 bits per heavy atom. The highest BCUT2D eigenvalue weighted by Gasteiger charge is 2.15. The molecule has 4 heteroatoms. The van der Waals surface area contributed by atoms with E-state index in [1.807, 2.05) is 11.8 Å². The molecule has 15 heavy (non-hydrogen) atoms. The van der Waals surface area contributed by atoms with Crippen molar-refractivity contribution in [3.63, 3.8) is 0 Å². The fraction of sp³-hybridized carbons (Fsp3) is 0.545. The summed E-state index contributed by atoms with van der Waals surface area (Å²) in [5.41, 5.74) is 0.546. The molecule has 1 aromatic rings. The summed E-state index contributed by atoms with van der Waals surface area (Å²) >= 11 is 1.94. The number of rotatable bonds is 4. The molecular formula is C11H14N2OS. The Kier molecular flexibility index (Phi) is 3.72. The molecule has 1 aliphatic rings. The predicted molar refractivity (Wildman–Crippen MR) is 61.0 cm³/mol. The molecule has 0 bridgehead atoms. The molecule has 0 spiro atoms. The van der Waals surface area contributed by atoms with E-state index >= 15 is 0 Å². The average molecular weight is 222 g/mol. The topological polar surface area (TPSA) is 42.9 Å². The lowest BCUT2D eigenvalue weighted by Gasteiger charge is -2.06. The number of carbonyl (C=O) groups is 1. The molecular weight excluding hydrogens is 208 g/mol. The normalized spacial score (nSPS) is 16.8. The maximum absolute atomic E-state index is 10.4. The summed E-state index contributed by atoms with van der Waals surface area (Å²) in [7, 11) is 0. The Balaban J connectivity index is 1.84. The summed E-state index contributed by atoms with van der Waals surface area (Å²) in [6.45, 7) is 0. The Labute approximate surface area is 93.7 Å². The Bertz CT molecular complexity index is 320. The van der Waals surface area contributed by atoms with Crippen LogP contribution in [0.15, 0.2) is 12.4 Å². The van der Waals surface area contributed by atoms with Crippen molar-refractivity contribution in [1.29, 1.82) is 0 Å². The number of aldehydes is 1. The van der Waals surface area contributed by atoms with Gasteiger partial charge < -0.3 is 0 Å². The first kappa shape index (κ1) is 10.6. The number of hydrogen-bond donors (Lipinski definition) is 0. The molecule has 0 unspecified atom stereocenters. The summed E-state index contributed by atoms with van der Waals surface area (Å²) in [6.07, 6.45) is 9.34. The van der Waals surface area contributed by atoms with E-state index in [0.717, 1.165) is 23.1 Å². The minimum Gasteiger partial charge on any atom is -0.298 e. The van der Waals surface area contributed by atoms with Gasteiger partial charge in [-0.3, -0.25) is 4.79 Å². The van der Waals surface area contributed by atoms with Crippen LogP contribution in [0.5, 0.6) is 0 Å². The lowest BCUT2D eigenvalue weighted by Crippen LogP contribution is -1.99. The van der Waals surface area contributed by atoms with Crippen molar-refractivity contribution in [2.75, 3.05) is 0 Å². The zero-order valence-electron chi connectivity index (χ0n) is 8.56. The third kappa shape index (κ3) is 3.02. The minimum atomic E-state index is 0.546. The lowest BCUT2D eigenvalue weighted by molar-refractivity contribution is 0.112. The van der Waals surface area contributed by atoms with Crippen LogP contribution in [-0.2, 0) is 5.75 Å². The molecule has 0 saturated heterocycles. The predicted octanol–water partition coefficient (Wildman–Crippen LogP) is 2.46. The number of thioether (sulfide) groups is 1. The van der Waals surface area contributed by atoms with Gasteiger partial charge in [0.15, 0.2) is 6.29 Å². The third-order valence-corrected chi connectivity index (χ3v) is 3.98. The van der Waals surface area contributed by atoms with Gasteiger partial charge in [-0.1, -0.05) is 12.8 Å². The maximum Gasteiger partial charge on any atom is 0.153 e. The molecule has 1 fully saturated rings. The molecule has 0 aromatic carbocycles. The summed E-state index contributed by atoms with van der Waals surface area (Å²) in [6, 6.07) is 0. The van der Waals surface area contributed by atoms with Crippen molar-refractivity contribution in [1.82, 2.24) is 9.97 Å². The standard InChI is InChI=1S/C11H14N2OS/c14-7-9-5-12-11(13-6-9)8-15-10-3-1-2-4-10/h5-7,10H,1-4,8H2. The maximum atomic E-state index is 10.4. The fourth-order valence-corrected chi connectivity index (χ4v) is 2.95. The van der Waals surface area contributed by atoms with Crippen LogP contribution in [0.25, 0.3) is 0 Å². The second-order valence-corrected chi connectivity index (χ2v) is 5.06. The third-order valence-electron chi connectivity index (χ3n) is 2.61. The van der Waals surface area contributed by atoms with E-state index < -0.39 is 0 Å². The van der Waals surface area contributed by atoms with E-state index in [9.17, 15) is 4.79 Å². The molecule has 0 atom stereocenters. The van der Waals surface area contributed by atoms with Gasteiger partial charge in [-0.25, -0.2) is 9.97 Å². The average Bonchev–Trinajstić information content (AvgIpc) is 2.80. The molecule has 1 aliphatic carbocycles. The number of carbonyl (C=O) groups excluding carboxylic acids is 1. The van der Waals surface area contributed by atoms with Gasteiger partial charge in [-0.15, -0.1) is 0 Å². The second-order valence-electron chi connectivity index (χ2n) is 3.77. The van der Waals surface area contributed by atoms with E-state index in [2.05, 4.69) is 9.97 Å². The zero-order valence-corrected chi connectivity index (χ0v) is 9.37. The monoisotopic (exact) mass is 222 g/mol. The van der Waals surface area contributed by atoms with Gasteiger partial charge in [-0.2, -0.15) is 11.8 Å². The van der Waals surface area contributed by atoms with Gasteiger partial charge in [-0.05, 0) is 12.8 Å². The van der Waals surface area contributed by atoms with Crippen molar-refractivity contribution < 1.29 is 4.79 Å². The molecule has 1 saturated carbocycles. The molecule has 2 rings (SSSR count). The SMILES string of the molecule is O=Cc1cnc(CSC2CCCC2)nc1. The van der Waals surface area contributed by atoms with Crippen LogP contribution >= 0.6 is 11.8 Å². The molecule has 0 radical (unpaired) electrons. The van der Waals surface area contributed by atoms with Crippen molar-refractivity contribution in [2.45, 2.75) is 36.7 Å². The lowest BCUT2D eigenvalue weighted by atomic mass is 10.4. The van der Waals surface area contributed by atoms with E-state index in [-0.39, 0.29) is 0 Å². The van der Waals surface area contributed by atoms with E-state index in [0.29, 0.717) is 5.56 Å². The van der Waals surface area contributed by atoms with Gasteiger partial charge in [0.25, 0.3) is 0 Å². The van der Waals surface area contributed by atoms with Crippen LogP contribution in [0.4, 0.5) is 0 Å². The number of nitrogens with zero attached hydrogens (tertiary/aromatic N) is 2. The summed E-state index contributed by atoms with van der Waals surface area (Å²) < 4.78 is 0. The minimum absolute atomic E-state index is 0.546. The fourth-order valence-electron chi connectivity index (χ4n) is 1.75. The Hall–Kier alpha value is -0.900. The van der Waals surface area contributed by atoms with Crippen LogP contribution in [0.1, 0.15) is 41.9 Å². The van der Waals surface area contributed by atoms with E-state index in [4.69, 9.17) is 0 Å². The van der Waals surface area contributed by atoms with Gasteiger partial charge in [0, 0.05) is 17.6 Å². The molecule has 80 valence electrons. The van der Waals surface area contributed by atoms with Crippen molar-refractivity contribution >= 4 is 18.0 Å². The Morgan fingerprint density at radius 3 is 2.60 bits per heavy atom. The zero-order chi connectivity index (χ0) is 10.5. The van der Waals surface area contributed by atoms with Gasteiger partial charge in [0.05, 0.1) is 11.3 Å². The first-order valence-corrected chi connectivity index (χ1v) is 6.31.